The van der Waals surface area contributed by atoms with Crippen LogP contribution >= 0.6 is 0 Å². The number of halogens is 1. The van der Waals surface area contributed by atoms with Gasteiger partial charge in [0.15, 0.2) is 5.82 Å². The van der Waals surface area contributed by atoms with Crippen molar-refractivity contribution in [3.05, 3.63) is 84.6 Å². The van der Waals surface area contributed by atoms with Gasteiger partial charge in [0.2, 0.25) is 0 Å². The number of imidazole rings is 1. The van der Waals surface area contributed by atoms with E-state index in [2.05, 4.69) is 42.2 Å². The number of H-pyrrole nitrogens is 2. The maximum Gasteiger partial charge on any atom is 0.159 e. The van der Waals surface area contributed by atoms with Gasteiger partial charge in [-0.3, -0.25) is 15.1 Å². The lowest BCUT2D eigenvalue weighted by atomic mass is 10.0. The molecular weight excluding hydrogens is 489 g/mol. The van der Waals surface area contributed by atoms with Gasteiger partial charge in [0.1, 0.15) is 17.0 Å². The minimum atomic E-state index is -0.250. The number of benzene rings is 2. The van der Waals surface area contributed by atoms with Gasteiger partial charge < -0.3 is 9.88 Å². The molecule has 1 fully saturated rings. The fraction of sp³-hybridized carbons (Fsp3) is 0.226. The molecule has 2 N–H and O–H groups in total. The molecule has 0 radical (unpaired) electrons. The number of aromatic nitrogens is 6. The molecule has 6 aromatic rings. The van der Waals surface area contributed by atoms with E-state index >= 15 is 0 Å². The van der Waals surface area contributed by atoms with E-state index in [-0.39, 0.29) is 5.82 Å². The highest BCUT2D eigenvalue weighted by molar-refractivity contribution is 5.97. The van der Waals surface area contributed by atoms with Crippen molar-refractivity contribution < 1.29 is 4.39 Å². The summed E-state index contributed by atoms with van der Waals surface area (Å²) in [5.74, 6) is 0.389. The molecule has 5 heterocycles. The van der Waals surface area contributed by atoms with E-state index in [1.54, 1.807) is 30.7 Å². The summed E-state index contributed by atoms with van der Waals surface area (Å²) >= 11 is 0. The molecule has 1 aliphatic heterocycles. The smallest absolute Gasteiger partial charge is 0.159 e. The monoisotopic (exact) mass is 517 g/mol. The Kier molecular flexibility index (Phi) is 6.09. The number of hydrogen-bond donors (Lipinski definition) is 2. The molecule has 2 aromatic carbocycles. The van der Waals surface area contributed by atoms with Crippen LogP contribution in [0.25, 0.3) is 55.8 Å². The van der Waals surface area contributed by atoms with Crippen LogP contribution in [0.4, 0.5) is 4.39 Å². The zero-order valence-corrected chi connectivity index (χ0v) is 21.5. The number of likely N-dealkylation sites (tertiary alicyclic amines) is 1. The lowest BCUT2D eigenvalue weighted by Crippen LogP contribution is -2.20. The summed E-state index contributed by atoms with van der Waals surface area (Å²) in [5.41, 5.74) is 7.71. The number of nitrogens with one attached hydrogen (secondary N) is 2. The first-order valence-corrected chi connectivity index (χ1v) is 13.5. The fourth-order valence-electron chi connectivity index (χ4n) is 5.62. The molecule has 0 spiro atoms. The molecule has 0 atom stereocenters. The number of hydrogen-bond acceptors (Lipinski definition) is 5. The standard InChI is InChI=1S/C31H28FN7/c32-24-17-20(4-3-15-39-13-1-2-14-39)16-23(18-24)28-30-27(9-12-34-28)35-31(36-30)29-25-19-22(5-6-26(25)37-38-29)21-7-10-33-11-8-21/h5-12,16-19H,1-4,13-15H2,(H,35,36)(H,37,38). The van der Waals surface area contributed by atoms with Gasteiger partial charge in [0.05, 0.1) is 16.7 Å². The Morgan fingerprint density at radius 3 is 2.56 bits per heavy atom. The van der Waals surface area contributed by atoms with Crippen LogP contribution in [0.3, 0.4) is 0 Å². The molecule has 1 saturated heterocycles. The first-order valence-electron chi connectivity index (χ1n) is 13.5. The van der Waals surface area contributed by atoms with Crippen LogP contribution < -0.4 is 0 Å². The van der Waals surface area contributed by atoms with Gasteiger partial charge in [-0.2, -0.15) is 5.10 Å². The largest absolute Gasteiger partial charge is 0.336 e. The third-order valence-corrected chi connectivity index (χ3v) is 7.57. The summed E-state index contributed by atoms with van der Waals surface area (Å²) in [7, 11) is 0. The molecule has 39 heavy (non-hydrogen) atoms. The molecule has 7 nitrogen and oxygen atoms in total. The topological polar surface area (TPSA) is 86.4 Å². The first-order chi connectivity index (χ1) is 19.2. The van der Waals surface area contributed by atoms with E-state index in [0.717, 1.165) is 63.8 Å². The molecule has 7 rings (SSSR count). The Labute approximate surface area is 225 Å². The molecule has 0 bridgehead atoms. The summed E-state index contributed by atoms with van der Waals surface area (Å²) in [5, 5.41) is 8.66. The van der Waals surface area contributed by atoms with E-state index in [0.29, 0.717) is 17.0 Å². The Morgan fingerprint density at radius 1 is 0.821 bits per heavy atom. The molecule has 4 aromatic heterocycles. The van der Waals surface area contributed by atoms with Crippen LogP contribution in [0.1, 0.15) is 24.8 Å². The van der Waals surface area contributed by atoms with Crippen molar-refractivity contribution in [1.82, 2.24) is 35.0 Å². The van der Waals surface area contributed by atoms with Crippen molar-refractivity contribution in [2.75, 3.05) is 19.6 Å². The number of fused-ring (bicyclic) bond motifs is 2. The number of nitrogens with zero attached hydrogens (tertiary/aromatic N) is 5. The lowest BCUT2D eigenvalue weighted by molar-refractivity contribution is 0.334. The molecule has 0 amide bonds. The van der Waals surface area contributed by atoms with Crippen molar-refractivity contribution in [2.45, 2.75) is 25.7 Å². The Balaban J connectivity index is 1.23. The third kappa shape index (κ3) is 4.68. The van der Waals surface area contributed by atoms with Gasteiger partial charge in [0.25, 0.3) is 0 Å². The maximum atomic E-state index is 14.7. The van der Waals surface area contributed by atoms with Gasteiger partial charge in [-0.25, -0.2) is 9.37 Å². The van der Waals surface area contributed by atoms with Crippen molar-refractivity contribution in [1.29, 1.82) is 0 Å². The highest BCUT2D eigenvalue weighted by Crippen LogP contribution is 2.33. The van der Waals surface area contributed by atoms with Crippen molar-refractivity contribution in [3.8, 4) is 33.9 Å². The lowest BCUT2D eigenvalue weighted by Gasteiger charge is -2.14. The summed E-state index contributed by atoms with van der Waals surface area (Å²) in [6.07, 6.45) is 9.73. The van der Waals surface area contributed by atoms with Crippen LogP contribution in [0.15, 0.2) is 73.2 Å². The summed E-state index contributed by atoms with van der Waals surface area (Å²) < 4.78 is 14.7. The van der Waals surface area contributed by atoms with Crippen molar-refractivity contribution in [3.63, 3.8) is 0 Å². The van der Waals surface area contributed by atoms with E-state index in [1.807, 2.05) is 30.3 Å². The van der Waals surface area contributed by atoms with E-state index in [4.69, 9.17) is 4.98 Å². The molecule has 0 saturated carbocycles. The molecular formula is C31H28FN7. The normalized spacial score (nSPS) is 14.1. The fourth-order valence-corrected chi connectivity index (χ4v) is 5.62. The number of pyridine rings is 2. The van der Waals surface area contributed by atoms with Crippen LogP contribution in [0.5, 0.6) is 0 Å². The second-order valence-corrected chi connectivity index (χ2v) is 10.2. The molecule has 8 heteroatoms. The summed E-state index contributed by atoms with van der Waals surface area (Å²) in [4.78, 5) is 19.6. The molecule has 194 valence electrons. The van der Waals surface area contributed by atoms with Crippen LogP contribution in [0, 0.1) is 5.82 Å². The zero-order valence-electron chi connectivity index (χ0n) is 21.5. The minimum absolute atomic E-state index is 0.250. The van der Waals surface area contributed by atoms with Gasteiger partial charge in [-0.1, -0.05) is 6.07 Å². The highest BCUT2D eigenvalue weighted by Gasteiger charge is 2.17. The van der Waals surface area contributed by atoms with Gasteiger partial charge >= 0.3 is 0 Å². The SMILES string of the molecule is Fc1cc(CCCN2CCCC2)cc(-c2nccc3[nH]c(-c4n[nH]c5ccc(-c6ccncc6)cc45)nc23)c1. The second kappa shape index (κ2) is 10.0. The number of rotatable bonds is 7. The molecule has 0 unspecified atom stereocenters. The number of aryl methyl sites for hydroxylation is 1. The minimum Gasteiger partial charge on any atom is -0.336 e. The second-order valence-electron chi connectivity index (χ2n) is 10.2. The first kappa shape index (κ1) is 23.7. The Morgan fingerprint density at radius 2 is 1.69 bits per heavy atom. The maximum absolute atomic E-state index is 14.7. The number of aromatic amines is 2. The van der Waals surface area contributed by atoms with Crippen molar-refractivity contribution in [2.24, 2.45) is 0 Å². The average molecular weight is 518 g/mol. The average Bonchev–Trinajstić information content (AvgIpc) is 3.72. The summed E-state index contributed by atoms with van der Waals surface area (Å²) in [6.45, 7) is 3.42. The molecule has 1 aliphatic rings. The van der Waals surface area contributed by atoms with Crippen LogP contribution in [-0.2, 0) is 6.42 Å². The summed E-state index contributed by atoms with van der Waals surface area (Å²) in [6, 6.07) is 17.3. The van der Waals surface area contributed by atoms with E-state index < -0.39 is 0 Å². The van der Waals surface area contributed by atoms with Crippen LogP contribution in [0.2, 0.25) is 0 Å². The van der Waals surface area contributed by atoms with Gasteiger partial charge in [-0.15, -0.1) is 0 Å². The van der Waals surface area contributed by atoms with Gasteiger partial charge in [-0.05, 0) is 111 Å². The zero-order chi connectivity index (χ0) is 26.2. The van der Waals surface area contributed by atoms with Crippen LogP contribution in [-0.4, -0.2) is 54.7 Å². The molecule has 0 aliphatic carbocycles. The third-order valence-electron chi connectivity index (χ3n) is 7.57. The predicted octanol–water partition coefficient (Wildman–Crippen LogP) is 6.40. The predicted molar refractivity (Wildman–Crippen MR) is 152 cm³/mol. The van der Waals surface area contributed by atoms with E-state index in [9.17, 15) is 4.39 Å². The van der Waals surface area contributed by atoms with Gasteiger partial charge in [0, 0.05) is 29.5 Å². The quantitative estimate of drug-likeness (QED) is 0.256. The highest BCUT2D eigenvalue weighted by atomic mass is 19.1. The van der Waals surface area contributed by atoms with E-state index in [1.165, 1.54) is 25.9 Å². The van der Waals surface area contributed by atoms with Crippen molar-refractivity contribution >= 4 is 21.9 Å². The Hall–Kier alpha value is -4.43. The Bertz CT molecular complexity index is 1770.